The molecule has 0 saturated carbocycles. The van der Waals surface area contributed by atoms with E-state index in [0.29, 0.717) is 5.65 Å². The van der Waals surface area contributed by atoms with Crippen LogP contribution in [0, 0.1) is 5.82 Å². The lowest BCUT2D eigenvalue weighted by Gasteiger charge is -2.04. The fourth-order valence-electron chi connectivity index (χ4n) is 2.51. The largest absolute Gasteiger partial charge is 0.507 e. The highest BCUT2D eigenvalue weighted by atomic mass is 19.1. The Morgan fingerprint density at radius 1 is 1.13 bits per heavy atom. The first kappa shape index (κ1) is 13.4. The smallest absolute Gasteiger partial charge is 0.198 e. The van der Waals surface area contributed by atoms with Gasteiger partial charge in [-0.25, -0.2) is 13.9 Å². The SMILES string of the molecule is O=C(c1cnn2c(c1)nc1ccccc12)c1cc(F)ccc1O. The van der Waals surface area contributed by atoms with Crippen molar-refractivity contribution in [2.75, 3.05) is 0 Å². The molecule has 4 aromatic rings. The molecule has 0 unspecified atom stereocenters. The summed E-state index contributed by atoms with van der Waals surface area (Å²) in [6, 6.07) is 12.3. The highest BCUT2D eigenvalue weighted by Crippen LogP contribution is 2.22. The number of imidazole rings is 1. The average Bonchev–Trinajstić information content (AvgIpc) is 2.94. The fourth-order valence-corrected chi connectivity index (χ4v) is 2.51. The van der Waals surface area contributed by atoms with Crippen LogP contribution >= 0.6 is 0 Å². The zero-order valence-corrected chi connectivity index (χ0v) is 11.8. The number of nitrogens with zero attached hydrogens (tertiary/aromatic N) is 3. The Bertz CT molecular complexity index is 1070. The van der Waals surface area contributed by atoms with Gasteiger partial charge in [0.1, 0.15) is 11.6 Å². The number of hydrogen-bond acceptors (Lipinski definition) is 4. The van der Waals surface area contributed by atoms with Crippen molar-refractivity contribution in [1.82, 2.24) is 14.6 Å². The Labute approximate surface area is 129 Å². The minimum atomic E-state index is -0.591. The molecule has 5 nitrogen and oxygen atoms in total. The molecule has 0 bridgehead atoms. The highest BCUT2D eigenvalue weighted by molar-refractivity contribution is 6.11. The molecule has 0 radical (unpaired) electrons. The van der Waals surface area contributed by atoms with Crippen LogP contribution in [-0.4, -0.2) is 25.5 Å². The number of phenols is 1. The minimum Gasteiger partial charge on any atom is -0.507 e. The van der Waals surface area contributed by atoms with Gasteiger partial charge < -0.3 is 5.11 Å². The molecule has 0 aliphatic heterocycles. The molecule has 2 heterocycles. The molecule has 23 heavy (non-hydrogen) atoms. The van der Waals surface area contributed by atoms with Crippen LogP contribution in [0.2, 0.25) is 0 Å². The summed E-state index contributed by atoms with van der Waals surface area (Å²) >= 11 is 0. The number of carbonyl (C=O) groups excluding carboxylic acids is 1. The van der Waals surface area contributed by atoms with Crippen molar-refractivity contribution < 1.29 is 14.3 Å². The van der Waals surface area contributed by atoms with Crippen molar-refractivity contribution in [3.8, 4) is 5.75 Å². The van der Waals surface area contributed by atoms with Crippen LogP contribution in [-0.2, 0) is 0 Å². The van der Waals surface area contributed by atoms with E-state index >= 15 is 0 Å². The summed E-state index contributed by atoms with van der Waals surface area (Å²) in [7, 11) is 0. The Hall–Kier alpha value is -3.28. The number of para-hydroxylation sites is 2. The molecule has 1 N–H and O–H groups in total. The van der Waals surface area contributed by atoms with Gasteiger partial charge in [0.2, 0.25) is 0 Å². The van der Waals surface area contributed by atoms with Crippen molar-refractivity contribution in [1.29, 1.82) is 0 Å². The van der Waals surface area contributed by atoms with Gasteiger partial charge in [-0.05, 0) is 36.4 Å². The number of aromatic nitrogens is 3. The van der Waals surface area contributed by atoms with Crippen LogP contribution in [0.1, 0.15) is 15.9 Å². The molecule has 0 aliphatic rings. The predicted molar refractivity (Wildman–Crippen MR) is 82.0 cm³/mol. The molecule has 4 rings (SSSR count). The number of hydrogen-bond donors (Lipinski definition) is 1. The van der Waals surface area contributed by atoms with Crippen LogP contribution in [0.4, 0.5) is 4.39 Å². The van der Waals surface area contributed by atoms with E-state index < -0.39 is 11.6 Å². The second-order valence-corrected chi connectivity index (χ2v) is 5.11. The maximum atomic E-state index is 13.3. The van der Waals surface area contributed by atoms with E-state index in [-0.39, 0.29) is 16.9 Å². The van der Waals surface area contributed by atoms with Gasteiger partial charge in [0.15, 0.2) is 11.4 Å². The third-order valence-electron chi connectivity index (χ3n) is 3.62. The first-order chi connectivity index (χ1) is 11.1. The maximum absolute atomic E-state index is 13.3. The summed E-state index contributed by atoms with van der Waals surface area (Å²) in [5, 5.41) is 14.0. The molecule has 6 heteroatoms. The number of benzene rings is 2. The Morgan fingerprint density at radius 3 is 2.83 bits per heavy atom. The lowest BCUT2D eigenvalue weighted by molar-refractivity contribution is 0.103. The quantitative estimate of drug-likeness (QED) is 0.578. The van der Waals surface area contributed by atoms with Gasteiger partial charge in [0.25, 0.3) is 0 Å². The second kappa shape index (κ2) is 4.88. The summed E-state index contributed by atoms with van der Waals surface area (Å²) in [5.41, 5.74) is 2.22. The van der Waals surface area contributed by atoms with Crippen LogP contribution in [0.3, 0.4) is 0 Å². The van der Waals surface area contributed by atoms with Crippen LogP contribution in [0.5, 0.6) is 5.75 Å². The maximum Gasteiger partial charge on any atom is 0.198 e. The van der Waals surface area contributed by atoms with Gasteiger partial charge in [-0.1, -0.05) is 12.1 Å². The normalized spacial score (nSPS) is 11.2. The zero-order valence-electron chi connectivity index (χ0n) is 11.8. The topological polar surface area (TPSA) is 67.5 Å². The summed E-state index contributed by atoms with van der Waals surface area (Å²) in [5.74, 6) is -1.37. The van der Waals surface area contributed by atoms with Crippen molar-refractivity contribution >= 4 is 22.5 Å². The van der Waals surface area contributed by atoms with Gasteiger partial charge in [-0.2, -0.15) is 5.10 Å². The molecule has 112 valence electrons. The summed E-state index contributed by atoms with van der Waals surface area (Å²) in [4.78, 5) is 16.9. The third kappa shape index (κ3) is 2.12. The van der Waals surface area contributed by atoms with Gasteiger partial charge in [-0.15, -0.1) is 0 Å². The van der Waals surface area contributed by atoms with E-state index in [1.54, 1.807) is 10.6 Å². The van der Waals surface area contributed by atoms with E-state index in [4.69, 9.17) is 0 Å². The van der Waals surface area contributed by atoms with Crippen molar-refractivity contribution in [3.63, 3.8) is 0 Å². The van der Waals surface area contributed by atoms with Gasteiger partial charge >= 0.3 is 0 Å². The molecule has 0 spiro atoms. The van der Waals surface area contributed by atoms with E-state index in [1.165, 1.54) is 6.20 Å². The average molecular weight is 307 g/mol. The Kier molecular flexibility index (Phi) is 2.84. The molecule has 0 aliphatic carbocycles. The van der Waals surface area contributed by atoms with Crippen molar-refractivity contribution in [2.24, 2.45) is 0 Å². The number of rotatable bonds is 2. The van der Waals surface area contributed by atoms with E-state index in [2.05, 4.69) is 10.1 Å². The summed E-state index contributed by atoms with van der Waals surface area (Å²) in [6.07, 6.45) is 1.38. The van der Waals surface area contributed by atoms with Crippen LogP contribution in [0.15, 0.2) is 54.7 Å². The second-order valence-electron chi connectivity index (χ2n) is 5.11. The number of phenolic OH excluding ortho intramolecular Hbond substituents is 1. The fraction of sp³-hybridized carbons (Fsp3) is 0. The minimum absolute atomic E-state index is 0.104. The summed E-state index contributed by atoms with van der Waals surface area (Å²) < 4.78 is 14.9. The van der Waals surface area contributed by atoms with Gasteiger partial charge in [-0.3, -0.25) is 4.79 Å². The molecule has 0 saturated heterocycles. The number of ketones is 1. The number of halogens is 1. The number of carbonyl (C=O) groups is 1. The van der Waals surface area contributed by atoms with Crippen LogP contribution < -0.4 is 0 Å². The first-order valence-corrected chi connectivity index (χ1v) is 6.90. The standard InChI is InChI=1S/C17H10FN3O2/c18-11-5-6-15(22)12(8-11)17(23)10-7-16-20-13-3-1-2-4-14(13)21(16)19-9-10/h1-9,22H. The summed E-state index contributed by atoms with van der Waals surface area (Å²) in [6.45, 7) is 0. The van der Waals surface area contributed by atoms with E-state index in [1.807, 2.05) is 24.3 Å². The highest BCUT2D eigenvalue weighted by Gasteiger charge is 2.16. The van der Waals surface area contributed by atoms with Gasteiger partial charge in [0, 0.05) is 5.56 Å². The molecular formula is C17H10FN3O2. The molecular weight excluding hydrogens is 297 g/mol. The van der Waals surface area contributed by atoms with Crippen molar-refractivity contribution in [2.45, 2.75) is 0 Å². The third-order valence-corrected chi connectivity index (χ3v) is 3.62. The van der Waals surface area contributed by atoms with E-state index in [9.17, 15) is 14.3 Å². The molecule has 0 atom stereocenters. The Balaban J connectivity index is 1.87. The first-order valence-electron chi connectivity index (χ1n) is 6.90. The van der Waals surface area contributed by atoms with Crippen molar-refractivity contribution in [3.05, 3.63) is 71.7 Å². The van der Waals surface area contributed by atoms with Gasteiger partial charge in [0.05, 0.1) is 22.8 Å². The Morgan fingerprint density at radius 2 is 1.96 bits per heavy atom. The zero-order chi connectivity index (χ0) is 16.0. The molecule has 2 aromatic carbocycles. The lowest BCUT2D eigenvalue weighted by Crippen LogP contribution is -2.05. The number of fused-ring (bicyclic) bond motifs is 3. The number of aromatic hydroxyl groups is 1. The van der Waals surface area contributed by atoms with Crippen LogP contribution in [0.25, 0.3) is 16.7 Å². The molecule has 0 amide bonds. The molecule has 0 fully saturated rings. The monoisotopic (exact) mass is 307 g/mol. The van der Waals surface area contributed by atoms with E-state index in [0.717, 1.165) is 29.2 Å². The lowest BCUT2D eigenvalue weighted by atomic mass is 10.0. The molecule has 2 aromatic heterocycles. The predicted octanol–water partition coefficient (Wildman–Crippen LogP) is 2.96.